The lowest BCUT2D eigenvalue weighted by Gasteiger charge is -2.36. The van der Waals surface area contributed by atoms with Gasteiger partial charge in [-0.15, -0.1) is 0 Å². The molecule has 0 atom stereocenters. The van der Waals surface area contributed by atoms with Gasteiger partial charge in [0.2, 0.25) is 0 Å². The van der Waals surface area contributed by atoms with E-state index < -0.39 is 0 Å². The zero-order chi connectivity index (χ0) is 21.5. The fraction of sp³-hybridized carbons (Fsp3) is 0.348. The number of nitrogens with one attached hydrogen (secondary N) is 1. The highest BCUT2D eigenvalue weighted by atomic mass is 19.1. The van der Waals surface area contributed by atoms with Gasteiger partial charge in [0.1, 0.15) is 0 Å². The molecule has 0 bridgehead atoms. The molecule has 1 saturated heterocycles. The quantitative estimate of drug-likeness (QED) is 0.550. The fourth-order valence-corrected chi connectivity index (χ4v) is 4.28. The topological polar surface area (TPSA) is 69.5 Å². The highest BCUT2D eigenvalue weighted by molar-refractivity contribution is 5.74. The fourth-order valence-electron chi connectivity index (χ4n) is 4.28. The maximum atomic E-state index is 14.4. The Bertz CT molecular complexity index is 1320. The van der Waals surface area contributed by atoms with Gasteiger partial charge in [-0.05, 0) is 31.0 Å². The van der Waals surface area contributed by atoms with Crippen molar-refractivity contribution in [3.8, 4) is 0 Å². The number of aromatic amines is 1. The van der Waals surface area contributed by atoms with E-state index in [0.29, 0.717) is 12.1 Å². The number of piperazine rings is 1. The summed E-state index contributed by atoms with van der Waals surface area (Å²) in [6.45, 7) is 7.96. The van der Waals surface area contributed by atoms with Crippen LogP contribution in [0.3, 0.4) is 0 Å². The Morgan fingerprint density at radius 3 is 2.71 bits per heavy atom. The van der Waals surface area contributed by atoms with E-state index in [4.69, 9.17) is 0 Å². The van der Waals surface area contributed by atoms with E-state index in [1.54, 1.807) is 10.5 Å². The van der Waals surface area contributed by atoms with Gasteiger partial charge in [-0.2, -0.15) is 0 Å². The van der Waals surface area contributed by atoms with Crippen molar-refractivity contribution >= 4 is 22.4 Å². The smallest absolute Gasteiger partial charge is 0.251 e. The number of fused-ring (bicyclic) bond motifs is 2. The van der Waals surface area contributed by atoms with Crippen LogP contribution in [0.4, 0.5) is 10.1 Å². The molecule has 1 aliphatic heterocycles. The molecule has 1 fully saturated rings. The van der Waals surface area contributed by atoms with Gasteiger partial charge >= 0.3 is 0 Å². The largest absolute Gasteiger partial charge is 0.368 e. The molecular weight excluding hydrogens is 395 g/mol. The number of H-pyrrole nitrogens is 1. The highest BCUT2D eigenvalue weighted by Gasteiger charge is 2.19. The van der Waals surface area contributed by atoms with Gasteiger partial charge in [0, 0.05) is 62.9 Å². The van der Waals surface area contributed by atoms with Crippen molar-refractivity contribution in [2.75, 3.05) is 31.1 Å². The molecule has 0 radical (unpaired) electrons. The van der Waals surface area contributed by atoms with E-state index >= 15 is 0 Å². The highest BCUT2D eigenvalue weighted by Crippen LogP contribution is 2.22. The minimum absolute atomic E-state index is 0.0418. The van der Waals surface area contributed by atoms with Crippen LogP contribution < -0.4 is 10.5 Å². The number of aromatic nitrogens is 4. The first-order valence-electron chi connectivity index (χ1n) is 10.6. The molecule has 8 heteroatoms. The van der Waals surface area contributed by atoms with Gasteiger partial charge in [-0.25, -0.2) is 9.37 Å². The van der Waals surface area contributed by atoms with Gasteiger partial charge in [-0.1, -0.05) is 6.92 Å². The molecule has 4 aromatic rings. The average Bonchev–Trinajstić information content (AvgIpc) is 3.14. The number of imidazole rings is 1. The minimum atomic E-state index is -0.296. The number of hydrogen-bond acceptors (Lipinski definition) is 5. The van der Waals surface area contributed by atoms with Crippen LogP contribution in [0.5, 0.6) is 0 Å². The maximum absolute atomic E-state index is 14.4. The SMILES string of the molecule is CCc1cc2ncc(CN3CCN(c4cc(F)c5nc(C)cn5c4)CC3)cc2[nH]c1=O. The Labute approximate surface area is 179 Å². The van der Waals surface area contributed by atoms with Crippen molar-refractivity contribution in [1.82, 2.24) is 24.3 Å². The number of halogens is 1. The molecule has 160 valence electrons. The van der Waals surface area contributed by atoms with Crippen molar-refractivity contribution in [2.24, 2.45) is 0 Å². The van der Waals surface area contributed by atoms with Gasteiger partial charge in [0.15, 0.2) is 11.5 Å². The van der Waals surface area contributed by atoms with Crippen molar-refractivity contribution in [1.29, 1.82) is 0 Å². The molecular formula is C23H25FN6O. The Balaban J connectivity index is 1.28. The first-order chi connectivity index (χ1) is 15.0. The molecule has 0 aromatic carbocycles. The van der Waals surface area contributed by atoms with E-state index in [1.165, 1.54) is 0 Å². The molecule has 0 unspecified atom stereocenters. The predicted octanol–water partition coefficient (Wildman–Crippen LogP) is 2.90. The van der Waals surface area contributed by atoms with E-state index in [1.807, 2.05) is 44.6 Å². The molecule has 4 aromatic heterocycles. The number of anilines is 1. The average molecular weight is 420 g/mol. The van der Waals surface area contributed by atoms with Crippen molar-refractivity contribution in [3.05, 3.63) is 69.8 Å². The van der Waals surface area contributed by atoms with Gasteiger partial charge < -0.3 is 14.3 Å². The monoisotopic (exact) mass is 420 g/mol. The minimum Gasteiger partial charge on any atom is -0.368 e. The maximum Gasteiger partial charge on any atom is 0.251 e. The van der Waals surface area contributed by atoms with Crippen LogP contribution >= 0.6 is 0 Å². The summed E-state index contributed by atoms with van der Waals surface area (Å²) >= 11 is 0. The third-order valence-corrected chi connectivity index (χ3v) is 5.96. The summed E-state index contributed by atoms with van der Waals surface area (Å²) in [4.78, 5) is 28.4. The zero-order valence-corrected chi connectivity index (χ0v) is 17.7. The lowest BCUT2D eigenvalue weighted by atomic mass is 10.1. The molecule has 0 spiro atoms. The zero-order valence-electron chi connectivity index (χ0n) is 17.7. The number of rotatable bonds is 4. The second-order valence-corrected chi connectivity index (χ2v) is 8.18. The second kappa shape index (κ2) is 7.77. The Kier molecular flexibility index (Phi) is 4.94. The second-order valence-electron chi connectivity index (χ2n) is 8.18. The van der Waals surface area contributed by atoms with E-state index in [2.05, 4.69) is 24.8 Å². The standard InChI is InChI=1S/C23H25FN6O/c1-3-17-9-20-21(27-23(17)31)8-16(11-25-20)13-28-4-6-29(7-5-28)18-10-19(24)22-26-15(2)12-30(22)14-18/h8-12,14H,3-7,13H2,1-2H3,(H,27,31). The van der Waals surface area contributed by atoms with Crippen LogP contribution in [0.2, 0.25) is 0 Å². The van der Waals surface area contributed by atoms with Crippen LogP contribution in [0, 0.1) is 12.7 Å². The molecule has 31 heavy (non-hydrogen) atoms. The lowest BCUT2D eigenvalue weighted by molar-refractivity contribution is 0.249. The molecule has 0 aliphatic carbocycles. The van der Waals surface area contributed by atoms with Crippen LogP contribution in [0.15, 0.2) is 41.6 Å². The summed E-state index contributed by atoms with van der Waals surface area (Å²) in [6.07, 6.45) is 6.37. The Morgan fingerprint density at radius 1 is 1.13 bits per heavy atom. The molecule has 5 rings (SSSR count). The molecule has 0 saturated carbocycles. The number of hydrogen-bond donors (Lipinski definition) is 1. The summed E-state index contributed by atoms with van der Waals surface area (Å²) in [7, 11) is 0. The summed E-state index contributed by atoms with van der Waals surface area (Å²) < 4.78 is 16.2. The third-order valence-electron chi connectivity index (χ3n) is 5.96. The van der Waals surface area contributed by atoms with Crippen LogP contribution in [0.25, 0.3) is 16.7 Å². The molecule has 0 amide bonds. The van der Waals surface area contributed by atoms with Gasteiger partial charge in [0.25, 0.3) is 5.56 Å². The van der Waals surface area contributed by atoms with Crippen LogP contribution in [-0.2, 0) is 13.0 Å². The number of pyridine rings is 3. The van der Waals surface area contributed by atoms with Crippen molar-refractivity contribution < 1.29 is 4.39 Å². The van der Waals surface area contributed by atoms with Crippen molar-refractivity contribution in [2.45, 2.75) is 26.8 Å². The normalized spacial score (nSPS) is 15.3. The van der Waals surface area contributed by atoms with Crippen LogP contribution in [0.1, 0.15) is 23.7 Å². The summed E-state index contributed by atoms with van der Waals surface area (Å²) in [5.41, 5.74) is 5.42. The summed E-state index contributed by atoms with van der Waals surface area (Å²) in [6, 6.07) is 5.46. The van der Waals surface area contributed by atoms with Gasteiger partial charge in [0.05, 0.1) is 22.4 Å². The molecule has 7 nitrogen and oxygen atoms in total. The molecule has 1 N–H and O–H groups in total. The molecule has 5 heterocycles. The first kappa shape index (κ1) is 19.7. The Morgan fingerprint density at radius 2 is 1.94 bits per heavy atom. The number of aryl methyl sites for hydroxylation is 2. The van der Waals surface area contributed by atoms with E-state index in [-0.39, 0.29) is 11.4 Å². The predicted molar refractivity (Wildman–Crippen MR) is 119 cm³/mol. The van der Waals surface area contributed by atoms with E-state index in [9.17, 15) is 9.18 Å². The lowest BCUT2D eigenvalue weighted by Crippen LogP contribution is -2.46. The summed E-state index contributed by atoms with van der Waals surface area (Å²) in [5.74, 6) is -0.296. The van der Waals surface area contributed by atoms with Crippen molar-refractivity contribution in [3.63, 3.8) is 0 Å². The third kappa shape index (κ3) is 3.79. The Hall–Kier alpha value is -3.26. The number of nitrogens with zero attached hydrogens (tertiary/aromatic N) is 5. The van der Waals surface area contributed by atoms with Crippen LogP contribution in [-0.4, -0.2) is 50.4 Å². The van der Waals surface area contributed by atoms with E-state index in [0.717, 1.165) is 66.3 Å². The first-order valence-corrected chi connectivity index (χ1v) is 10.6. The van der Waals surface area contributed by atoms with Gasteiger partial charge in [-0.3, -0.25) is 14.7 Å². The summed E-state index contributed by atoms with van der Waals surface area (Å²) in [5, 5.41) is 0. The molecule has 1 aliphatic rings.